The Balaban J connectivity index is 1.79. The first kappa shape index (κ1) is 21.7. The van der Waals surface area contributed by atoms with Gasteiger partial charge in [-0.05, 0) is 38.8 Å². The second kappa shape index (κ2) is 9.52. The molecule has 2 unspecified atom stereocenters. The van der Waals surface area contributed by atoms with Gasteiger partial charge in [0.1, 0.15) is 0 Å². The standard InChI is InChI=1S/C19H33N5O2S/c1-14(2)24-12-16(4)18(13-24)23-19(20-5)21-10-11-22-27(25,26)17-8-6-15(3)7-9-17/h6-9,14,16,18,22H,10-13H2,1-5H3,(H2,20,21,23). The van der Waals surface area contributed by atoms with Crippen LogP contribution in [-0.4, -0.2) is 64.6 Å². The minimum Gasteiger partial charge on any atom is -0.355 e. The van der Waals surface area contributed by atoms with Gasteiger partial charge in [0.2, 0.25) is 10.0 Å². The highest BCUT2D eigenvalue weighted by atomic mass is 32.2. The number of rotatable bonds is 7. The fourth-order valence-corrected chi connectivity index (χ4v) is 4.18. The summed E-state index contributed by atoms with van der Waals surface area (Å²) >= 11 is 0. The van der Waals surface area contributed by atoms with Crippen LogP contribution in [0.3, 0.4) is 0 Å². The Bertz CT molecular complexity index is 731. The van der Waals surface area contributed by atoms with E-state index in [1.54, 1.807) is 31.3 Å². The summed E-state index contributed by atoms with van der Waals surface area (Å²) in [5.74, 6) is 1.23. The largest absolute Gasteiger partial charge is 0.355 e. The first-order valence-corrected chi connectivity index (χ1v) is 11.0. The molecule has 7 nitrogen and oxygen atoms in total. The van der Waals surface area contributed by atoms with E-state index < -0.39 is 10.0 Å². The van der Waals surface area contributed by atoms with Gasteiger partial charge < -0.3 is 10.6 Å². The number of aliphatic imine (C=N–C) groups is 1. The van der Waals surface area contributed by atoms with Crippen LogP contribution in [0.1, 0.15) is 26.3 Å². The Kier molecular flexibility index (Phi) is 7.64. The lowest BCUT2D eigenvalue weighted by atomic mass is 10.1. The molecule has 1 fully saturated rings. The van der Waals surface area contributed by atoms with Crippen molar-refractivity contribution >= 4 is 16.0 Å². The Labute approximate surface area is 163 Å². The second-order valence-corrected chi connectivity index (χ2v) is 9.25. The number of likely N-dealkylation sites (tertiary alicyclic amines) is 1. The van der Waals surface area contributed by atoms with Crippen molar-refractivity contribution in [1.29, 1.82) is 0 Å². The number of sulfonamides is 1. The summed E-state index contributed by atoms with van der Waals surface area (Å²) in [6.45, 7) is 11.4. The van der Waals surface area contributed by atoms with Crippen LogP contribution in [0, 0.1) is 12.8 Å². The van der Waals surface area contributed by atoms with Crippen molar-refractivity contribution in [2.45, 2.75) is 44.7 Å². The summed E-state index contributed by atoms with van der Waals surface area (Å²) in [6, 6.07) is 7.69. The first-order chi connectivity index (χ1) is 12.7. The maximum absolute atomic E-state index is 12.3. The third kappa shape index (κ3) is 6.19. The Morgan fingerprint density at radius 1 is 1.22 bits per heavy atom. The molecule has 2 atom stereocenters. The predicted octanol–water partition coefficient (Wildman–Crippen LogP) is 1.17. The molecule has 0 aliphatic carbocycles. The molecule has 27 heavy (non-hydrogen) atoms. The van der Waals surface area contributed by atoms with Gasteiger partial charge in [0.25, 0.3) is 0 Å². The molecule has 0 amide bonds. The van der Waals surface area contributed by atoms with Crippen LogP contribution >= 0.6 is 0 Å². The number of benzene rings is 1. The van der Waals surface area contributed by atoms with Gasteiger partial charge >= 0.3 is 0 Å². The molecule has 1 aliphatic rings. The van der Waals surface area contributed by atoms with E-state index in [0.717, 1.165) is 18.7 Å². The average molecular weight is 396 g/mol. The molecule has 1 aliphatic heterocycles. The predicted molar refractivity (Wildman–Crippen MR) is 111 cm³/mol. The van der Waals surface area contributed by atoms with Crippen molar-refractivity contribution in [2.75, 3.05) is 33.2 Å². The van der Waals surface area contributed by atoms with Crippen LogP contribution in [0.4, 0.5) is 0 Å². The lowest BCUT2D eigenvalue weighted by Crippen LogP contribution is -2.48. The van der Waals surface area contributed by atoms with Gasteiger partial charge in [-0.2, -0.15) is 0 Å². The van der Waals surface area contributed by atoms with E-state index in [9.17, 15) is 8.42 Å². The molecule has 0 spiro atoms. The normalized spacial score (nSPS) is 21.6. The van der Waals surface area contributed by atoms with Crippen molar-refractivity contribution in [2.24, 2.45) is 10.9 Å². The highest BCUT2D eigenvalue weighted by Gasteiger charge is 2.31. The van der Waals surface area contributed by atoms with Crippen LogP contribution in [0.5, 0.6) is 0 Å². The first-order valence-electron chi connectivity index (χ1n) is 9.50. The number of hydrogen-bond acceptors (Lipinski definition) is 4. The van der Waals surface area contributed by atoms with Crippen molar-refractivity contribution in [1.82, 2.24) is 20.3 Å². The van der Waals surface area contributed by atoms with Gasteiger partial charge in [0.15, 0.2) is 5.96 Å². The number of nitrogens with zero attached hydrogens (tertiary/aromatic N) is 2. The van der Waals surface area contributed by atoms with E-state index in [1.807, 2.05) is 6.92 Å². The van der Waals surface area contributed by atoms with Crippen molar-refractivity contribution < 1.29 is 8.42 Å². The molecule has 0 bridgehead atoms. The monoisotopic (exact) mass is 395 g/mol. The molecule has 1 heterocycles. The molecule has 2 rings (SSSR count). The zero-order valence-corrected chi connectivity index (χ0v) is 17.8. The Morgan fingerprint density at radius 2 is 1.89 bits per heavy atom. The fourth-order valence-electron chi connectivity index (χ4n) is 3.15. The number of guanidine groups is 1. The zero-order valence-electron chi connectivity index (χ0n) is 17.0. The van der Waals surface area contributed by atoms with Crippen LogP contribution in [0.2, 0.25) is 0 Å². The van der Waals surface area contributed by atoms with Gasteiger partial charge in [-0.25, -0.2) is 13.1 Å². The van der Waals surface area contributed by atoms with Crippen LogP contribution in [0.15, 0.2) is 34.2 Å². The summed E-state index contributed by atoms with van der Waals surface area (Å²) in [5.41, 5.74) is 1.03. The SMILES string of the molecule is CN=C(NCCNS(=O)(=O)c1ccc(C)cc1)NC1CN(C(C)C)CC1C. The fraction of sp³-hybridized carbons (Fsp3) is 0.632. The summed E-state index contributed by atoms with van der Waals surface area (Å²) < 4.78 is 27.2. The van der Waals surface area contributed by atoms with Crippen molar-refractivity contribution in [3.05, 3.63) is 29.8 Å². The molecule has 0 radical (unpaired) electrons. The molecule has 1 aromatic carbocycles. The lowest BCUT2D eigenvalue weighted by Gasteiger charge is -2.22. The lowest BCUT2D eigenvalue weighted by molar-refractivity contribution is 0.265. The Hall–Kier alpha value is -1.64. The van der Waals surface area contributed by atoms with E-state index in [-0.39, 0.29) is 11.4 Å². The smallest absolute Gasteiger partial charge is 0.240 e. The van der Waals surface area contributed by atoms with Crippen LogP contribution in [0.25, 0.3) is 0 Å². The van der Waals surface area contributed by atoms with E-state index in [2.05, 4.69) is 46.0 Å². The van der Waals surface area contributed by atoms with Gasteiger partial charge in [0.05, 0.1) is 4.90 Å². The van der Waals surface area contributed by atoms with Crippen LogP contribution in [-0.2, 0) is 10.0 Å². The maximum atomic E-state index is 12.3. The second-order valence-electron chi connectivity index (χ2n) is 7.49. The molecular weight excluding hydrogens is 362 g/mol. The zero-order chi connectivity index (χ0) is 20.0. The van der Waals surface area contributed by atoms with E-state index in [0.29, 0.717) is 30.5 Å². The van der Waals surface area contributed by atoms with Crippen LogP contribution < -0.4 is 15.4 Å². The molecule has 152 valence electrons. The topological polar surface area (TPSA) is 85.8 Å². The highest BCUT2D eigenvalue weighted by Crippen LogP contribution is 2.18. The minimum absolute atomic E-state index is 0.282. The number of aryl methyl sites for hydroxylation is 1. The quantitative estimate of drug-likeness (QED) is 0.367. The Morgan fingerprint density at radius 3 is 2.44 bits per heavy atom. The molecule has 0 aromatic heterocycles. The van der Waals surface area contributed by atoms with Gasteiger partial charge in [0, 0.05) is 45.3 Å². The third-order valence-electron chi connectivity index (χ3n) is 4.96. The average Bonchev–Trinajstić information content (AvgIpc) is 2.99. The van der Waals surface area contributed by atoms with Crippen molar-refractivity contribution in [3.8, 4) is 0 Å². The molecule has 8 heteroatoms. The van der Waals surface area contributed by atoms with E-state index in [1.165, 1.54) is 0 Å². The highest BCUT2D eigenvalue weighted by molar-refractivity contribution is 7.89. The number of nitrogens with one attached hydrogen (secondary N) is 3. The van der Waals surface area contributed by atoms with Gasteiger partial charge in [-0.1, -0.05) is 24.6 Å². The third-order valence-corrected chi connectivity index (χ3v) is 6.43. The molecule has 3 N–H and O–H groups in total. The van der Waals surface area contributed by atoms with Crippen molar-refractivity contribution in [3.63, 3.8) is 0 Å². The molecule has 1 aromatic rings. The molecular formula is C19H33N5O2S. The maximum Gasteiger partial charge on any atom is 0.240 e. The molecule has 0 saturated carbocycles. The summed E-state index contributed by atoms with van der Waals surface area (Å²) in [4.78, 5) is 6.99. The summed E-state index contributed by atoms with van der Waals surface area (Å²) in [7, 11) is -1.76. The van der Waals surface area contributed by atoms with E-state index >= 15 is 0 Å². The molecule has 1 saturated heterocycles. The van der Waals surface area contributed by atoms with Gasteiger partial charge in [-0.15, -0.1) is 0 Å². The summed E-state index contributed by atoms with van der Waals surface area (Å²) in [5, 5.41) is 6.64. The summed E-state index contributed by atoms with van der Waals surface area (Å²) in [6.07, 6.45) is 0. The minimum atomic E-state index is -3.49. The van der Waals surface area contributed by atoms with E-state index in [4.69, 9.17) is 0 Å². The van der Waals surface area contributed by atoms with Gasteiger partial charge in [-0.3, -0.25) is 9.89 Å². The number of hydrogen-bond donors (Lipinski definition) is 3.